The Morgan fingerprint density at radius 2 is 1.70 bits per heavy atom. The molecule has 0 saturated carbocycles. The number of hydrogen-bond acceptors (Lipinski definition) is 13. The minimum absolute atomic E-state index is 0.000669. The smallest absolute Gasteiger partial charge is 0.273 e. The van der Waals surface area contributed by atoms with Crippen molar-refractivity contribution in [3.8, 4) is 17.6 Å². The number of thiol groups is 1. The van der Waals surface area contributed by atoms with E-state index >= 15 is 0 Å². The summed E-state index contributed by atoms with van der Waals surface area (Å²) in [6.07, 6.45) is 3.79. The second-order valence-electron chi connectivity index (χ2n) is 17.2. The largest absolute Gasteiger partial charge is 0.489 e. The van der Waals surface area contributed by atoms with Gasteiger partial charge in [0.05, 0.1) is 28.7 Å². The van der Waals surface area contributed by atoms with Crippen molar-refractivity contribution in [1.29, 1.82) is 5.26 Å². The normalized spacial score (nSPS) is 16.4. The number of anilines is 2. The maximum Gasteiger partial charge on any atom is 0.273 e. The van der Waals surface area contributed by atoms with Crippen LogP contribution in [0.5, 0.6) is 11.5 Å². The number of ketones is 2. The summed E-state index contributed by atoms with van der Waals surface area (Å²) in [6, 6.07) is 21.0. The number of ether oxygens (including phenoxy) is 2. The molecule has 0 aliphatic carbocycles. The number of hydroxylamine groups is 1. The Morgan fingerprint density at radius 3 is 2.35 bits per heavy atom. The van der Waals surface area contributed by atoms with Crippen LogP contribution in [0.4, 0.5) is 11.6 Å². The summed E-state index contributed by atoms with van der Waals surface area (Å²) in [5.74, 6) is 1.87. The summed E-state index contributed by atoms with van der Waals surface area (Å²) < 4.78 is 10.9. The number of hydrogen-bond donors (Lipinski definition) is 3. The number of carbonyl (C=O) groups is 2. The first-order valence-electron chi connectivity index (χ1n) is 21.6. The van der Waals surface area contributed by atoms with Gasteiger partial charge >= 0.3 is 0 Å². The number of quaternary nitrogens is 1. The molecule has 3 aromatic carbocycles. The van der Waals surface area contributed by atoms with Crippen molar-refractivity contribution >= 4 is 59.2 Å². The van der Waals surface area contributed by atoms with Gasteiger partial charge in [-0.05, 0) is 103 Å². The molecule has 63 heavy (non-hydrogen) atoms. The molecule has 2 aliphatic heterocycles. The van der Waals surface area contributed by atoms with Gasteiger partial charge in [-0.15, -0.1) is 11.6 Å². The number of carbonyl (C=O) groups excluding carboxylic acids is 2. The minimum Gasteiger partial charge on any atom is -0.489 e. The fourth-order valence-electron chi connectivity index (χ4n) is 8.14. The van der Waals surface area contributed by atoms with E-state index < -0.39 is 9.58 Å². The molecule has 2 N–H and O–H groups in total. The zero-order chi connectivity index (χ0) is 45.3. The monoisotopic (exact) mass is 917 g/mol. The second kappa shape index (κ2) is 21.5. The average Bonchev–Trinajstić information content (AvgIpc) is 3.27. The number of nitrogens with zero attached hydrogens (tertiary/aromatic N) is 7. The molecular weight excluding hydrogens is 860 g/mol. The molecule has 16 heteroatoms. The maximum atomic E-state index is 12.7. The van der Waals surface area contributed by atoms with Gasteiger partial charge in [-0.1, -0.05) is 51.4 Å². The first-order valence-corrected chi connectivity index (χ1v) is 22.9. The van der Waals surface area contributed by atoms with Crippen molar-refractivity contribution in [2.45, 2.75) is 59.5 Å². The van der Waals surface area contributed by atoms with Crippen LogP contribution < -0.4 is 19.8 Å². The van der Waals surface area contributed by atoms with Crippen LogP contribution in [0.1, 0.15) is 90.6 Å². The molecule has 336 valence electrons. The number of alkyl halides is 1. The van der Waals surface area contributed by atoms with Crippen LogP contribution in [-0.4, -0.2) is 112 Å². The zero-order valence-electron chi connectivity index (χ0n) is 36.8. The SMILES string of the molecule is CC(=O)c1cc(N2CCN(CC3CCN(CC[N+](O)(S)Nc4nccc(COc5ccc(C(C)(C)c6cc(Cl)c(OCCCl)c(C#N)c6)cc5)n4)CC3)CC2)ccc1C(=O)C(C)C. The third-order valence-electron chi connectivity index (χ3n) is 12.0. The lowest BCUT2D eigenvalue weighted by Crippen LogP contribution is -2.50. The van der Waals surface area contributed by atoms with Gasteiger partial charge in [0.25, 0.3) is 5.95 Å². The van der Waals surface area contributed by atoms with Gasteiger partial charge in [-0.25, -0.2) is 9.97 Å². The van der Waals surface area contributed by atoms with Crippen LogP contribution in [0.2, 0.25) is 5.02 Å². The van der Waals surface area contributed by atoms with E-state index in [1.807, 2.05) is 62.4 Å². The Bertz CT molecular complexity index is 2260. The third kappa shape index (κ3) is 12.6. The summed E-state index contributed by atoms with van der Waals surface area (Å²) in [5, 5.41) is 21.2. The molecule has 6 rings (SSSR count). The molecule has 4 aromatic rings. The van der Waals surface area contributed by atoms with Crippen LogP contribution >= 0.6 is 36.0 Å². The first kappa shape index (κ1) is 48.0. The molecule has 0 amide bonds. The van der Waals surface area contributed by atoms with Crippen molar-refractivity contribution in [2.24, 2.45) is 11.8 Å². The van der Waals surface area contributed by atoms with E-state index in [4.69, 9.17) is 32.7 Å². The van der Waals surface area contributed by atoms with E-state index in [1.165, 1.54) is 6.92 Å². The summed E-state index contributed by atoms with van der Waals surface area (Å²) in [6.45, 7) is 17.4. The topological polar surface area (TPSA) is 144 Å². The lowest BCUT2D eigenvalue weighted by Gasteiger charge is -2.40. The van der Waals surface area contributed by atoms with Crippen LogP contribution in [0.25, 0.3) is 0 Å². The van der Waals surface area contributed by atoms with Crippen LogP contribution in [0, 0.1) is 23.2 Å². The molecule has 2 saturated heterocycles. The molecule has 1 unspecified atom stereocenters. The molecule has 1 aromatic heterocycles. The number of likely N-dealkylation sites (tertiary alicyclic amines) is 1. The molecule has 0 radical (unpaired) electrons. The Kier molecular flexibility index (Phi) is 16.4. The predicted molar refractivity (Wildman–Crippen MR) is 250 cm³/mol. The molecule has 2 aliphatic rings. The summed E-state index contributed by atoms with van der Waals surface area (Å²) in [5.41, 5.74) is 7.33. The highest BCUT2D eigenvalue weighted by molar-refractivity contribution is 7.74. The number of nitrogens with one attached hydrogen (secondary N) is 1. The van der Waals surface area contributed by atoms with Gasteiger partial charge in [0, 0.05) is 67.1 Å². The number of piperazine rings is 1. The molecule has 2 fully saturated rings. The van der Waals surface area contributed by atoms with Gasteiger partial charge in [-0.2, -0.15) is 15.9 Å². The standard InChI is InChI=1S/C47H59Cl2N8O5S/c1-32(2)44(59)41-11-8-39(28-42(41)33(3)58)56-21-19-55(20-22-56)30-34-13-17-54(18-14-34)23-24-57(60,63)53-46-51-16-12-38(52-46)31-62-40-9-6-36(7-10-40)47(4,5)37-26-35(29-50)45(43(49)27-37)61-25-15-48/h6-12,16,26-28,32,34,60,63H,13-15,17-25,30-31H2,1-5H3,(H,51,52,53)/q+1. The molecule has 0 spiro atoms. The van der Waals surface area contributed by atoms with E-state index in [-0.39, 0.29) is 42.5 Å². The lowest BCUT2D eigenvalue weighted by atomic mass is 9.77. The maximum absolute atomic E-state index is 12.7. The Balaban J connectivity index is 0.922. The first-order chi connectivity index (χ1) is 30.1. The number of piperidine rings is 1. The van der Waals surface area contributed by atoms with E-state index in [1.54, 1.807) is 18.3 Å². The number of benzene rings is 3. The highest BCUT2D eigenvalue weighted by Gasteiger charge is 2.30. The Hall–Kier alpha value is -4.46. The second-order valence-corrected chi connectivity index (χ2v) is 18.7. The lowest BCUT2D eigenvalue weighted by molar-refractivity contribution is -0.971. The van der Waals surface area contributed by atoms with Gasteiger partial charge < -0.3 is 14.4 Å². The quantitative estimate of drug-likeness (QED) is 0.0273. The van der Waals surface area contributed by atoms with Crippen molar-refractivity contribution in [2.75, 3.05) is 81.7 Å². The summed E-state index contributed by atoms with van der Waals surface area (Å²) >= 11 is 16.8. The number of nitriles is 1. The van der Waals surface area contributed by atoms with Crippen molar-refractivity contribution in [3.05, 3.63) is 105 Å². The van der Waals surface area contributed by atoms with E-state index in [0.29, 0.717) is 57.9 Å². The molecular formula is C47H59Cl2N8O5S+. The van der Waals surface area contributed by atoms with E-state index in [2.05, 4.69) is 62.8 Å². The third-order valence-corrected chi connectivity index (χ3v) is 12.8. The van der Waals surface area contributed by atoms with Crippen molar-refractivity contribution in [1.82, 2.24) is 19.8 Å². The minimum atomic E-state index is -0.763. The molecule has 1 atom stereocenters. The zero-order valence-corrected chi connectivity index (χ0v) is 39.2. The fraction of sp³-hybridized carbons (Fsp3) is 0.468. The highest BCUT2D eigenvalue weighted by Crippen LogP contribution is 2.39. The number of Topliss-reactive ketones (excluding diaryl/α,β-unsaturated/α-hetero) is 2. The predicted octanol–water partition coefficient (Wildman–Crippen LogP) is 8.48. The number of rotatable bonds is 19. The Morgan fingerprint density at radius 1 is 0.984 bits per heavy atom. The fourth-order valence-corrected chi connectivity index (χ4v) is 8.67. The van der Waals surface area contributed by atoms with Gasteiger partial charge in [0.15, 0.2) is 23.9 Å². The van der Waals surface area contributed by atoms with E-state index in [9.17, 15) is 20.1 Å². The number of aromatic nitrogens is 2. The molecule has 3 heterocycles. The van der Waals surface area contributed by atoms with Crippen molar-refractivity contribution < 1.29 is 28.4 Å². The highest BCUT2D eigenvalue weighted by atomic mass is 35.5. The summed E-state index contributed by atoms with van der Waals surface area (Å²) in [7, 11) is 0. The van der Waals surface area contributed by atoms with Crippen LogP contribution in [0.15, 0.2) is 66.9 Å². The van der Waals surface area contributed by atoms with E-state index in [0.717, 1.165) is 75.5 Å². The molecule has 13 nitrogen and oxygen atoms in total. The average molecular weight is 919 g/mol. The van der Waals surface area contributed by atoms with Gasteiger partial charge in [-0.3, -0.25) is 19.4 Å². The van der Waals surface area contributed by atoms with Gasteiger partial charge in [0.1, 0.15) is 37.8 Å². The molecule has 0 bridgehead atoms. The van der Waals surface area contributed by atoms with Crippen molar-refractivity contribution in [3.63, 3.8) is 0 Å². The number of halogens is 2. The van der Waals surface area contributed by atoms with Crippen LogP contribution in [0.3, 0.4) is 0 Å². The Labute approximate surface area is 387 Å². The van der Waals surface area contributed by atoms with Gasteiger partial charge in [0.2, 0.25) is 0 Å². The van der Waals surface area contributed by atoms with Crippen LogP contribution in [-0.2, 0) is 12.0 Å². The summed E-state index contributed by atoms with van der Waals surface area (Å²) in [4.78, 5) is 41.2.